The minimum absolute atomic E-state index is 0.0178. The van der Waals surface area contributed by atoms with E-state index in [0.717, 1.165) is 11.3 Å². The van der Waals surface area contributed by atoms with Gasteiger partial charge in [-0.3, -0.25) is 9.59 Å². The van der Waals surface area contributed by atoms with Crippen LogP contribution in [0.1, 0.15) is 22.3 Å². The molecule has 1 aliphatic rings. The molecule has 1 atom stereocenters. The van der Waals surface area contributed by atoms with E-state index in [2.05, 4.69) is 5.32 Å². The number of anilines is 1. The van der Waals surface area contributed by atoms with E-state index in [4.69, 9.17) is 4.74 Å². The Bertz CT molecular complexity index is 755. The number of para-hydroxylation sites is 1. The van der Waals surface area contributed by atoms with Crippen molar-refractivity contribution in [3.05, 3.63) is 59.7 Å². The van der Waals surface area contributed by atoms with Crippen LogP contribution in [0.4, 0.5) is 5.69 Å². The van der Waals surface area contributed by atoms with Gasteiger partial charge in [-0.05, 0) is 31.2 Å². The van der Waals surface area contributed by atoms with Gasteiger partial charge in [0.1, 0.15) is 5.75 Å². The summed E-state index contributed by atoms with van der Waals surface area (Å²) >= 11 is 0. The Morgan fingerprint density at radius 3 is 2.58 bits per heavy atom. The summed E-state index contributed by atoms with van der Waals surface area (Å²) in [6.07, 6.45) is 0.300. The zero-order valence-electron chi connectivity index (χ0n) is 13.8. The van der Waals surface area contributed by atoms with Crippen LogP contribution in [0.25, 0.3) is 0 Å². The second-order valence-corrected chi connectivity index (χ2v) is 5.91. The van der Waals surface area contributed by atoms with Gasteiger partial charge in [0.15, 0.2) is 0 Å². The van der Waals surface area contributed by atoms with Crippen molar-refractivity contribution in [1.29, 1.82) is 0 Å². The highest BCUT2D eigenvalue weighted by Gasteiger charge is 2.32. The molecule has 0 saturated carbocycles. The molecule has 1 saturated heterocycles. The molecule has 24 heavy (non-hydrogen) atoms. The molecule has 1 fully saturated rings. The summed E-state index contributed by atoms with van der Waals surface area (Å²) in [6.45, 7) is 2.48. The largest absolute Gasteiger partial charge is 0.496 e. The van der Waals surface area contributed by atoms with E-state index in [-0.39, 0.29) is 17.9 Å². The molecule has 2 aromatic rings. The Morgan fingerprint density at radius 2 is 1.88 bits per heavy atom. The molecule has 5 nitrogen and oxygen atoms in total. The maximum Gasteiger partial charge on any atom is 0.255 e. The maximum absolute atomic E-state index is 12.5. The number of carbonyl (C=O) groups is 2. The number of rotatable bonds is 4. The third-order valence-corrected chi connectivity index (χ3v) is 4.16. The summed E-state index contributed by atoms with van der Waals surface area (Å²) in [4.78, 5) is 26.4. The zero-order chi connectivity index (χ0) is 17.1. The molecule has 5 heteroatoms. The Hall–Kier alpha value is -2.82. The van der Waals surface area contributed by atoms with Gasteiger partial charge in [0.05, 0.1) is 18.7 Å². The summed E-state index contributed by atoms with van der Waals surface area (Å²) < 4.78 is 5.22. The number of benzene rings is 2. The summed E-state index contributed by atoms with van der Waals surface area (Å²) in [5.41, 5.74) is 2.48. The molecular weight excluding hydrogens is 304 g/mol. The summed E-state index contributed by atoms with van der Waals surface area (Å²) in [5, 5.41) is 2.93. The number of hydrogen-bond acceptors (Lipinski definition) is 3. The fourth-order valence-electron chi connectivity index (χ4n) is 2.87. The number of nitrogens with one attached hydrogen (secondary N) is 1. The fraction of sp³-hybridized carbons (Fsp3) is 0.263. The number of nitrogens with zero attached hydrogens (tertiary/aromatic N) is 1. The van der Waals surface area contributed by atoms with E-state index in [1.54, 1.807) is 23.1 Å². The first kappa shape index (κ1) is 16.1. The van der Waals surface area contributed by atoms with Crippen molar-refractivity contribution in [1.82, 2.24) is 5.32 Å². The number of aryl methyl sites for hydroxylation is 1. The van der Waals surface area contributed by atoms with E-state index >= 15 is 0 Å². The van der Waals surface area contributed by atoms with E-state index in [0.29, 0.717) is 24.3 Å². The quantitative estimate of drug-likeness (QED) is 0.940. The van der Waals surface area contributed by atoms with Gasteiger partial charge >= 0.3 is 0 Å². The fourth-order valence-corrected chi connectivity index (χ4v) is 2.87. The Labute approximate surface area is 141 Å². The van der Waals surface area contributed by atoms with E-state index in [1.807, 2.05) is 37.3 Å². The van der Waals surface area contributed by atoms with Gasteiger partial charge in [-0.15, -0.1) is 0 Å². The molecule has 1 aliphatic heterocycles. The zero-order valence-corrected chi connectivity index (χ0v) is 13.8. The molecule has 1 N–H and O–H groups in total. The highest BCUT2D eigenvalue weighted by Crippen LogP contribution is 2.23. The number of amides is 2. The van der Waals surface area contributed by atoms with Crippen LogP contribution in [0.15, 0.2) is 48.5 Å². The molecule has 124 valence electrons. The van der Waals surface area contributed by atoms with Crippen LogP contribution in [0.3, 0.4) is 0 Å². The molecule has 0 spiro atoms. The smallest absolute Gasteiger partial charge is 0.255 e. The molecule has 0 aromatic heterocycles. The van der Waals surface area contributed by atoms with Crippen molar-refractivity contribution < 1.29 is 14.3 Å². The lowest BCUT2D eigenvalue weighted by Gasteiger charge is -2.18. The third kappa shape index (κ3) is 3.25. The average Bonchev–Trinajstić information content (AvgIpc) is 2.95. The number of methoxy groups -OCH3 is 1. The summed E-state index contributed by atoms with van der Waals surface area (Å²) in [5.74, 6) is 0.315. The molecule has 1 unspecified atom stereocenters. The van der Waals surface area contributed by atoms with Crippen LogP contribution >= 0.6 is 0 Å². The predicted octanol–water partition coefficient (Wildman–Crippen LogP) is 2.54. The highest BCUT2D eigenvalue weighted by molar-refractivity contribution is 6.00. The normalized spacial score (nSPS) is 17.0. The van der Waals surface area contributed by atoms with Gasteiger partial charge in [0.2, 0.25) is 5.91 Å². The molecule has 0 aliphatic carbocycles. The third-order valence-electron chi connectivity index (χ3n) is 4.16. The molecule has 2 amide bonds. The Morgan fingerprint density at radius 1 is 1.17 bits per heavy atom. The van der Waals surface area contributed by atoms with E-state index in [1.165, 1.54) is 7.11 Å². The number of hydrogen-bond donors (Lipinski definition) is 1. The highest BCUT2D eigenvalue weighted by atomic mass is 16.5. The monoisotopic (exact) mass is 324 g/mol. The molecule has 0 radical (unpaired) electrons. The molecule has 1 heterocycles. The number of ether oxygens (including phenoxy) is 1. The average molecular weight is 324 g/mol. The van der Waals surface area contributed by atoms with Gasteiger partial charge in [-0.25, -0.2) is 0 Å². The molecular formula is C19H20N2O3. The van der Waals surface area contributed by atoms with Crippen LogP contribution in [-0.4, -0.2) is 31.5 Å². The van der Waals surface area contributed by atoms with Crippen LogP contribution in [0.5, 0.6) is 5.75 Å². The van der Waals surface area contributed by atoms with Crippen LogP contribution in [0, 0.1) is 6.92 Å². The van der Waals surface area contributed by atoms with Gasteiger partial charge in [0.25, 0.3) is 5.91 Å². The lowest BCUT2D eigenvalue weighted by molar-refractivity contribution is -0.117. The predicted molar refractivity (Wildman–Crippen MR) is 92.4 cm³/mol. The first-order valence-electron chi connectivity index (χ1n) is 7.89. The van der Waals surface area contributed by atoms with E-state index in [9.17, 15) is 9.59 Å². The van der Waals surface area contributed by atoms with Gasteiger partial charge < -0.3 is 15.0 Å². The van der Waals surface area contributed by atoms with Crippen molar-refractivity contribution in [3.8, 4) is 5.75 Å². The van der Waals surface area contributed by atoms with Crippen LogP contribution < -0.4 is 15.0 Å². The lowest BCUT2D eigenvalue weighted by Crippen LogP contribution is -2.37. The minimum Gasteiger partial charge on any atom is -0.496 e. The Balaban J connectivity index is 1.70. The van der Waals surface area contributed by atoms with E-state index < -0.39 is 0 Å². The first-order valence-corrected chi connectivity index (χ1v) is 7.89. The summed E-state index contributed by atoms with van der Waals surface area (Å²) in [6, 6.07) is 14.7. The minimum atomic E-state index is -0.226. The first-order chi connectivity index (χ1) is 11.6. The van der Waals surface area contributed by atoms with Crippen molar-refractivity contribution in [2.75, 3.05) is 18.6 Å². The lowest BCUT2D eigenvalue weighted by atomic mass is 10.1. The topological polar surface area (TPSA) is 58.6 Å². The van der Waals surface area contributed by atoms with Crippen molar-refractivity contribution in [3.63, 3.8) is 0 Å². The number of carbonyl (C=O) groups excluding carboxylic acids is 2. The van der Waals surface area contributed by atoms with Crippen molar-refractivity contribution in [2.45, 2.75) is 19.4 Å². The molecule has 2 aromatic carbocycles. The van der Waals surface area contributed by atoms with Gasteiger partial charge in [-0.1, -0.05) is 29.8 Å². The van der Waals surface area contributed by atoms with Crippen LogP contribution in [0.2, 0.25) is 0 Å². The van der Waals surface area contributed by atoms with Crippen LogP contribution in [-0.2, 0) is 4.79 Å². The van der Waals surface area contributed by atoms with Crippen molar-refractivity contribution in [2.24, 2.45) is 0 Å². The van der Waals surface area contributed by atoms with Gasteiger partial charge in [0, 0.05) is 18.7 Å². The van der Waals surface area contributed by atoms with Crippen molar-refractivity contribution >= 4 is 17.5 Å². The Kier molecular flexibility index (Phi) is 4.51. The molecule has 0 bridgehead atoms. The standard InChI is InChI=1S/C19H20N2O3/c1-13-7-9-15(10-8-13)21-12-14(11-18(21)22)20-19(23)16-5-3-4-6-17(16)24-2/h3-10,14H,11-12H2,1-2H3,(H,20,23). The molecule has 3 rings (SSSR count). The SMILES string of the molecule is COc1ccccc1C(=O)NC1CC(=O)N(c2ccc(C)cc2)C1. The second kappa shape index (κ2) is 6.74. The summed E-state index contributed by atoms with van der Waals surface area (Å²) in [7, 11) is 1.53. The van der Waals surface area contributed by atoms with Gasteiger partial charge in [-0.2, -0.15) is 0 Å². The second-order valence-electron chi connectivity index (χ2n) is 5.91. The maximum atomic E-state index is 12.5.